The van der Waals surface area contributed by atoms with Gasteiger partial charge in [-0.1, -0.05) is 30.3 Å². The molecule has 1 aromatic rings. The first-order valence-corrected chi connectivity index (χ1v) is 5.76. The van der Waals surface area contributed by atoms with E-state index >= 15 is 0 Å². The van der Waals surface area contributed by atoms with Gasteiger partial charge in [-0.25, -0.2) is 4.79 Å². The molecule has 1 aromatic carbocycles. The normalized spacial score (nSPS) is 12.8. The minimum absolute atomic E-state index is 0.144. The zero-order valence-electron chi connectivity index (χ0n) is 8.48. The minimum Gasteiger partial charge on any atom is -0.351 e. The Morgan fingerprint density at radius 2 is 1.88 bits per heavy atom. The number of hydrogen-bond acceptors (Lipinski definition) is 4. The monoisotopic (exact) mass is 257 g/mol. The SMILES string of the molecule is NC(=O)N(C([C]=O)c1ccccc1)S(=O)(=O)O. The van der Waals surface area contributed by atoms with Gasteiger partial charge in [-0.15, -0.1) is 0 Å². The Morgan fingerprint density at radius 1 is 1.35 bits per heavy atom. The van der Waals surface area contributed by atoms with E-state index in [0.29, 0.717) is 0 Å². The number of amides is 2. The van der Waals surface area contributed by atoms with Crippen LogP contribution in [0.25, 0.3) is 0 Å². The van der Waals surface area contributed by atoms with E-state index in [0.717, 1.165) is 0 Å². The number of rotatable bonds is 4. The highest BCUT2D eigenvalue weighted by Gasteiger charge is 2.33. The molecule has 0 fully saturated rings. The molecule has 0 aliphatic carbocycles. The van der Waals surface area contributed by atoms with Gasteiger partial charge in [0.2, 0.25) is 6.29 Å². The first-order valence-electron chi connectivity index (χ1n) is 4.37. The van der Waals surface area contributed by atoms with Gasteiger partial charge in [-0.05, 0) is 5.56 Å². The maximum Gasteiger partial charge on any atom is 0.364 e. The Morgan fingerprint density at radius 3 is 2.24 bits per heavy atom. The summed E-state index contributed by atoms with van der Waals surface area (Å²) in [5, 5.41) is 0. The topological polar surface area (TPSA) is 118 Å². The van der Waals surface area contributed by atoms with Crippen molar-refractivity contribution >= 4 is 22.6 Å². The summed E-state index contributed by atoms with van der Waals surface area (Å²) in [7, 11) is -4.93. The van der Waals surface area contributed by atoms with Gasteiger partial charge in [0.1, 0.15) is 6.04 Å². The lowest BCUT2D eigenvalue weighted by Crippen LogP contribution is -2.43. The number of nitrogens with zero attached hydrogens (tertiary/aromatic N) is 1. The minimum atomic E-state index is -4.93. The van der Waals surface area contributed by atoms with E-state index in [9.17, 15) is 18.0 Å². The van der Waals surface area contributed by atoms with E-state index in [2.05, 4.69) is 0 Å². The van der Waals surface area contributed by atoms with Crippen molar-refractivity contribution in [2.45, 2.75) is 6.04 Å². The number of urea groups is 1. The first-order chi connectivity index (χ1) is 7.88. The summed E-state index contributed by atoms with van der Waals surface area (Å²) < 4.78 is 30.6. The highest BCUT2D eigenvalue weighted by Crippen LogP contribution is 2.20. The zero-order chi connectivity index (χ0) is 13.1. The van der Waals surface area contributed by atoms with E-state index in [4.69, 9.17) is 10.3 Å². The third kappa shape index (κ3) is 3.02. The molecule has 0 aromatic heterocycles. The molecule has 2 amide bonds. The van der Waals surface area contributed by atoms with Crippen LogP contribution in [0.15, 0.2) is 30.3 Å². The molecule has 1 rings (SSSR count). The number of primary amides is 1. The Labute approximate surface area is 97.7 Å². The number of carbonyl (C=O) groups is 1. The van der Waals surface area contributed by atoms with Crippen LogP contribution in [0, 0.1) is 0 Å². The van der Waals surface area contributed by atoms with Crippen molar-refractivity contribution in [2.75, 3.05) is 0 Å². The molecule has 1 atom stereocenters. The lowest BCUT2D eigenvalue weighted by molar-refractivity contribution is 0.223. The molecule has 17 heavy (non-hydrogen) atoms. The molecule has 0 bridgehead atoms. The molecule has 1 radical (unpaired) electrons. The fourth-order valence-corrected chi connectivity index (χ4v) is 1.92. The predicted octanol–water partition coefficient (Wildman–Crippen LogP) is 0.0209. The van der Waals surface area contributed by atoms with Crippen LogP contribution in [0.4, 0.5) is 4.79 Å². The summed E-state index contributed by atoms with van der Waals surface area (Å²) in [5.41, 5.74) is 4.97. The molecule has 0 aliphatic heterocycles. The van der Waals surface area contributed by atoms with Crippen molar-refractivity contribution in [3.8, 4) is 0 Å². The van der Waals surface area contributed by atoms with Gasteiger partial charge < -0.3 is 5.73 Å². The third-order valence-corrected chi connectivity index (χ3v) is 2.82. The summed E-state index contributed by atoms with van der Waals surface area (Å²) in [6, 6.07) is 4.42. The number of nitrogens with two attached hydrogens (primary N) is 1. The molecule has 0 aliphatic rings. The van der Waals surface area contributed by atoms with Gasteiger partial charge >= 0.3 is 16.3 Å². The summed E-state index contributed by atoms with van der Waals surface area (Å²) in [5.74, 6) is 0. The number of carbonyl (C=O) groups excluding carboxylic acids is 2. The molecule has 7 nitrogen and oxygen atoms in total. The van der Waals surface area contributed by atoms with Crippen molar-refractivity contribution in [3.05, 3.63) is 35.9 Å². The summed E-state index contributed by atoms with van der Waals surface area (Å²) in [6.07, 6.45) is 1.34. The van der Waals surface area contributed by atoms with Gasteiger partial charge in [-0.2, -0.15) is 12.7 Å². The van der Waals surface area contributed by atoms with Gasteiger partial charge in [0, 0.05) is 0 Å². The molecule has 91 valence electrons. The molecule has 0 heterocycles. The van der Waals surface area contributed by atoms with E-state index < -0.39 is 22.4 Å². The van der Waals surface area contributed by atoms with Gasteiger partial charge in [0.15, 0.2) is 0 Å². The maximum atomic E-state index is 10.9. The Balaban J connectivity index is 3.26. The average molecular weight is 257 g/mol. The van der Waals surface area contributed by atoms with Crippen LogP contribution >= 0.6 is 0 Å². The van der Waals surface area contributed by atoms with Crippen LogP contribution in [0.1, 0.15) is 11.6 Å². The lowest BCUT2D eigenvalue weighted by atomic mass is 10.1. The van der Waals surface area contributed by atoms with E-state index in [1.807, 2.05) is 0 Å². The predicted molar refractivity (Wildman–Crippen MR) is 57.8 cm³/mol. The second-order valence-corrected chi connectivity index (χ2v) is 4.33. The maximum absolute atomic E-state index is 10.9. The van der Waals surface area contributed by atoms with Gasteiger partial charge in [0.05, 0.1) is 0 Å². The summed E-state index contributed by atoms with van der Waals surface area (Å²) in [4.78, 5) is 21.7. The first kappa shape index (κ1) is 13.1. The van der Waals surface area contributed by atoms with E-state index in [1.54, 1.807) is 6.07 Å². The van der Waals surface area contributed by atoms with Crippen molar-refractivity contribution in [1.29, 1.82) is 0 Å². The summed E-state index contributed by atoms with van der Waals surface area (Å²) in [6.45, 7) is 0. The Hall–Kier alpha value is -1.93. The molecule has 3 N–H and O–H groups in total. The molecular weight excluding hydrogens is 248 g/mol. The van der Waals surface area contributed by atoms with Crippen LogP contribution in [0.3, 0.4) is 0 Å². The van der Waals surface area contributed by atoms with Crippen molar-refractivity contribution < 1.29 is 22.6 Å². The van der Waals surface area contributed by atoms with Crippen LogP contribution in [-0.4, -0.2) is 29.6 Å². The Kier molecular flexibility index (Phi) is 3.81. The van der Waals surface area contributed by atoms with Crippen LogP contribution < -0.4 is 5.73 Å². The van der Waals surface area contributed by atoms with Gasteiger partial charge in [-0.3, -0.25) is 9.35 Å². The summed E-state index contributed by atoms with van der Waals surface area (Å²) >= 11 is 0. The largest absolute Gasteiger partial charge is 0.364 e. The second kappa shape index (κ2) is 4.93. The highest BCUT2D eigenvalue weighted by atomic mass is 32.2. The van der Waals surface area contributed by atoms with Crippen LogP contribution in [-0.2, 0) is 15.1 Å². The van der Waals surface area contributed by atoms with Crippen LogP contribution in [0.2, 0.25) is 0 Å². The highest BCUT2D eigenvalue weighted by molar-refractivity contribution is 7.84. The molecular formula is C9H9N2O5S. The zero-order valence-corrected chi connectivity index (χ0v) is 9.29. The standard InChI is InChI=1S/C9H9N2O5S/c10-9(13)11(17(14,15)16)8(6-12)7-4-2-1-3-5-7/h1-5,8H,(H2,10,13)(H,14,15,16). The van der Waals surface area contributed by atoms with Gasteiger partial charge in [0.25, 0.3) is 0 Å². The van der Waals surface area contributed by atoms with Crippen molar-refractivity contribution in [1.82, 2.24) is 4.31 Å². The quantitative estimate of drug-likeness (QED) is 0.737. The second-order valence-electron chi connectivity index (χ2n) is 3.04. The molecule has 0 spiro atoms. The third-order valence-electron chi connectivity index (χ3n) is 1.93. The smallest absolute Gasteiger partial charge is 0.351 e. The van der Waals surface area contributed by atoms with E-state index in [1.165, 1.54) is 30.6 Å². The molecule has 1 unspecified atom stereocenters. The fraction of sp³-hybridized carbons (Fsp3) is 0.111. The molecule has 0 saturated carbocycles. The van der Waals surface area contributed by atoms with Crippen molar-refractivity contribution in [3.63, 3.8) is 0 Å². The van der Waals surface area contributed by atoms with Crippen LogP contribution in [0.5, 0.6) is 0 Å². The fourth-order valence-electron chi connectivity index (χ4n) is 1.26. The average Bonchev–Trinajstić information content (AvgIpc) is 2.24. The molecule has 8 heteroatoms. The number of benzene rings is 1. The number of hydrogen-bond donors (Lipinski definition) is 2. The Bertz CT molecular complexity index is 513. The van der Waals surface area contributed by atoms with E-state index in [-0.39, 0.29) is 9.87 Å². The lowest BCUT2D eigenvalue weighted by Gasteiger charge is -2.22. The van der Waals surface area contributed by atoms with Crippen molar-refractivity contribution in [2.24, 2.45) is 5.73 Å². The molecule has 0 saturated heterocycles.